The maximum Gasteiger partial charge on any atom is 0.318 e. The Morgan fingerprint density at radius 3 is 2.61 bits per heavy atom. The van der Waals surface area contributed by atoms with E-state index in [2.05, 4.69) is 4.74 Å². The van der Waals surface area contributed by atoms with Crippen LogP contribution in [-0.4, -0.2) is 26.3 Å². The molecule has 98 valence electrons. The normalized spacial score (nSPS) is 18.9. The van der Waals surface area contributed by atoms with Crippen molar-refractivity contribution in [2.75, 3.05) is 20.3 Å². The van der Waals surface area contributed by atoms with Crippen LogP contribution in [0.3, 0.4) is 0 Å². The van der Waals surface area contributed by atoms with Gasteiger partial charge in [-0.05, 0) is 6.07 Å². The van der Waals surface area contributed by atoms with Crippen molar-refractivity contribution < 1.29 is 23.0 Å². The van der Waals surface area contributed by atoms with Crippen LogP contribution in [0.2, 0.25) is 0 Å². The van der Waals surface area contributed by atoms with Gasteiger partial charge in [-0.15, -0.1) is 0 Å². The molecule has 0 saturated carbocycles. The molecular weight excluding hydrogens is 244 g/mol. The van der Waals surface area contributed by atoms with Crippen LogP contribution in [0.5, 0.6) is 0 Å². The van der Waals surface area contributed by atoms with Crippen molar-refractivity contribution in [3.8, 4) is 0 Å². The number of carbonyl (C=O) groups is 1. The molecule has 0 aliphatic carbocycles. The molecule has 2 rings (SSSR count). The lowest BCUT2D eigenvalue weighted by atomic mass is 9.75. The first-order chi connectivity index (χ1) is 8.51. The summed E-state index contributed by atoms with van der Waals surface area (Å²) in [5.41, 5.74) is 4.90. The summed E-state index contributed by atoms with van der Waals surface area (Å²) in [6.07, 6.45) is 0. The molecule has 1 fully saturated rings. The topological polar surface area (TPSA) is 61.5 Å². The molecular formula is C12H13F2NO3. The minimum absolute atomic E-state index is 0.0671. The van der Waals surface area contributed by atoms with Gasteiger partial charge in [0.05, 0.1) is 26.4 Å². The predicted octanol–water partition coefficient (Wildman–Crippen LogP) is 1.15. The van der Waals surface area contributed by atoms with Gasteiger partial charge in [0.15, 0.2) is 0 Å². The third kappa shape index (κ3) is 1.87. The summed E-state index contributed by atoms with van der Waals surface area (Å²) in [6.45, 7) is 0.134. The molecule has 6 heteroatoms. The summed E-state index contributed by atoms with van der Waals surface area (Å²) in [7, 11) is 1.23. The second-order valence-electron chi connectivity index (χ2n) is 4.28. The Kier molecular flexibility index (Phi) is 3.32. The fourth-order valence-corrected chi connectivity index (χ4v) is 2.00. The molecule has 4 nitrogen and oxygen atoms in total. The molecule has 0 bridgehead atoms. The third-order valence-corrected chi connectivity index (χ3v) is 3.20. The summed E-state index contributed by atoms with van der Waals surface area (Å²) >= 11 is 0. The maximum absolute atomic E-state index is 13.6. The highest BCUT2D eigenvalue weighted by Crippen LogP contribution is 2.40. The smallest absolute Gasteiger partial charge is 0.318 e. The van der Waals surface area contributed by atoms with Gasteiger partial charge in [-0.25, -0.2) is 8.78 Å². The predicted molar refractivity (Wildman–Crippen MR) is 58.6 cm³/mol. The van der Waals surface area contributed by atoms with Gasteiger partial charge in [0.1, 0.15) is 17.0 Å². The fourth-order valence-electron chi connectivity index (χ4n) is 2.00. The van der Waals surface area contributed by atoms with Crippen LogP contribution >= 0.6 is 0 Å². The van der Waals surface area contributed by atoms with Gasteiger partial charge < -0.3 is 15.2 Å². The molecule has 1 unspecified atom stereocenters. The molecule has 2 N–H and O–H groups in total. The molecule has 0 radical (unpaired) electrons. The molecule has 1 saturated heterocycles. The SMILES string of the molecule is COC(=O)C1(C(N)c2ccc(F)cc2F)COC1. The van der Waals surface area contributed by atoms with E-state index in [0.717, 1.165) is 12.1 Å². The van der Waals surface area contributed by atoms with Crippen molar-refractivity contribution >= 4 is 5.97 Å². The summed E-state index contributed by atoms with van der Waals surface area (Å²) in [5, 5.41) is 0. The van der Waals surface area contributed by atoms with Crippen molar-refractivity contribution in [3.05, 3.63) is 35.4 Å². The number of benzene rings is 1. The van der Waals surface area contributed by atoms with Crippen molar-refractivity contribution in [1.29, 1.82) is 0 Å². The van der Waals surface area contributed by atoms with Crippen molar-refractivity contribution in [1.82, 2.24) is 0 Å². The van der Waals surface area contributed by atoms with Crippen LogP contribution in [0.25, 0.3) is 0 Å². The van der Waals surface area contributed by atoms with E-state index in [-0.39, 0.29) is 18.8 Å². The number of methoxy groups -OCH3 is 1. The molecule has 1 atom stereocenters. The van der Waals surface area contributed by atoms with Crippen molar-refractivity contribution in [3.63, 3.8) is 0 Å². The van der Waals surface area contributed by atoms with Crippen LogP contribution in [-0.2, 0) is 14.3 Å². The monoisotopic (exact) mass is 257 g/mol. The minimum Gasteiger partial charge on any atom is -0.468 e. The Balaban J connectivity index is 2.35. The number of ether oxygens (including phenoxy) is 2. The van der Waals surface area contributed by atoms with Gasteiger partial charge in [-0.2, -0.15) is 0 Å². The number of hydrogen-bond acceptors (Lipinski definition) is 4. The highest BCUT2D eigenvalue weighted by Gasteiger charge is 2.53. The van der Waals surface area contributed by atoms with E-state index in [1.54, 1.807) is 0 Å². The molecule has 1 aliphatic rings. The summed E-state index contributed by atoms with van der Waals surface area (Å²) in [4.78, 5) is 11.7. The molecule has 0 spiro atoms. The van der Waals surface area contributed by atoms with E-state index in [0.29, 0.717) is 0 Å². The number of nitrogens with two attached hydrogens (primary N) is 1. The zero-order valence-corrected chi connectivity index (χ0v) is 9.78. The molecule has 1 aromatic rings. The van der Waals surface area contributed by atoms with E-state index >= 15 is 0 Å². The Morgan fingerprint density at radius 1 is 1.50 bits per heavy atom. The third-order valence-electron chi connectivity index (χ3n) is 3.20. The average molecular weight is 257 g/mol. The van der Waals surface area contributed by atoms with E-state index in [1.807, 2.05) is 0 Å². The van der Waals surface area contributed by atoms with Gasteiger partial charge in [0, 0.05) is 11.6 Å². The van der Waals surface area contributed by atoms with Crippen LogP contribution in [0, 0.1) is 17.0 Å². The molecule has 0 aromatic heterocycles. The number of halogens is 2. The molecule has 0 amide bonds. The van der Waals surface area contributed by atoms with Gasteiger partial charge in [0.2, 0.25) is 0 Å². The van der Waals surface area contributed by atoms with Gasteiger partial charge in [-0.1, -0.05) is 6.07 Å². The molecule has 1 aliphatic heterocycles. The van der Waals surface area contributed by atoms with E-state index in [9.17, 15) is 13.6 Å². The number of esters is 1. The lowest BCUT2D eigenvalue weighted by Gasteiger charge is -2.42. The largest absolute Gasteiger partial charge is 0.468 e. The minimum atomic E-state index is -1.09. The Bertz CT molecular complexity index is 474. The van der Waals surface area contributed by atoms with Gasteiger partial charge in [0.25, 0.3) is 0 Å². The quantitative estimate of drug-likeness (QED) is 0.825. The summed E-state index contributed by atoms with van der Waals surface area (Å²) in [6, 6.07) is 2.14. The van der Waals surface area contributed by atoms with Crippen LogP contribution in [0.15, 0.2) is 18.2 Å². The second-order valence-corrected chi connectivity index (χ2v) is 4.28. The summed E-state index contributed by atoms with van der Waals surface area (Å²) < 4.78 is 36.1. The Hall–Kier alpha value is -1.53. The second kappa shape index (κ2) is 4.62. The Labute approximate surface area is 103 Å². The van der Waals surface area contributed by atoms with Crippen LogP contribution in [0.4, 0.5) is 8.78 Å². The maximum atomic E-state index is 13.6. The highest BCUT2D eigenvalue weighted by molar-refractivity contribution is 5.79. The van der Waals surface area contributed by atoms with Crippen molar-refractivity contribution in [2.45, 2.75) is 6.04 Å². The van der Waals surface area contributed by atoms with E-state index in [4.69, 9.17) is 10.5 Å². The van der Waals surface area contributed by atoms with Gasteiger partial charge in [-0.3, -0.25) is 4.79 Å². The first-order valence-corrected chi connectivity index (χ1v) is 5.38. The number of carbonyl (C=O) groups excluding carboxylic acids is 1. The molecule has 1 heterocycles. The van der Waals surface area contributed by atoms with Gasteiger partial charge >= 0.3 is 5.97 Å². The van der Waals surface area contributed by atoms with Crippen molar-refractivity contribution in [2.24, 2.45) is 11.1 Å². The zero-order valence-electron chi connectivity index (χ0n) is 9.78. The van der Waals surface area contributed by atoms with Crippen LogP contribution < -0.4 is 5.73 Å². The number of rotatable bonds is 3. The first kappa shape index (κ1) is 12.9. The Morgan fingerprint density at radius 2 is 2.17 bits per heavy atom. The van der Waals surface area contributed by atoms with E-state index < -0.39 is 29.1 Å². The zero-order chi connectivity index (χ0) is 13.3. The standard InChI is InChI=1S/C12H13F2NO3/c1-17-11(16)12(5-18-6-12)10(15)8-3-2-7(13)4-9(8)14/h2-4,10H,5-6,15H2,1H3. The fraction of sp³-hybridized carbons (Fsp3) is 0.417. The lowest BCUT2D eigenvalue weighted by Crippen LogP contribution is -2.56. The van der Waals surface area contributed by atoms with E-state index in [1.165, 1.54) is 13.2 Å². The van der Waals surface area contributed by atoms with Crippen LogP contribution in [0.1, 0.15) is 11.6 Å². The highest BCUT2D eigenvalue weighted by atomic mass is 19.1. The average Bonchev–Trinajstić information content (AvgIpc) is 2.26. The molecule has 18 heavy (non-hydrogen) atoms. The lowest BCUT2D eigenvalue weighted by molar-refractivity contribution is -0.188. The first-order valence-electron chi connectivity index (χ1n) is 5.38. The number of hydrogen-bond donors (Lipinski definition) is 1. The molecule has 1 aromatic carbocycles. The summed E-state index contributed by atoms with van der Waals surface area (Å²) in [5.74, 6) is -2.02.